The van der Waals surface area contributed by atoms with Crippen molar-refractivity contribution in [2.45, 2.75) is 32.6 Å². The Morgan fingerprint density at radius 3 is 2.85 bits per heavy atom. The predicted octanol–water partition coefficient (Wildman–Crippen LogP) is 5.25. The Balaban J connectivity index is 1.67. The number of hydrogen-bond donors (Lipinski definition) is 1. The summed E-state index contributed by atoms with van der Waals surface area (Å²) in [6, 6.07) is 4.12. The van der Waals surface area contributed by atoms with E-state index in [2.05, 4.69) is 5.32 Å². The Morgan fingerprint density at radius 2 is 2.15 bits per heavy atom. The van der Waals surface area contributed by atoms with Crippen LogP contribution in [0, 0.1) is 12.7 Å². The van der Waals surface area contributed by atoms with Crippen LogP contribution in [0.15, 0.2) is 28.0 Å². The van der Waals surface area contributed by atoms with Gasteiger partial charge in [0, 0.05) is 10.9 Å². The first-order valence-electron chi connectivity index (χ1n) is 8.78. The van der Waals surface area contributed by atoms with E-state index in [0.717, 1.165) is 18.4 Å². The first kappa shape index (κ1) is 17.7. The number of thiophene rings is 1. The highest BCUT2D eigenvalue weighted by Crippen LogP contribution is 2.46. The Kier molecular flexibility index (Phi) is 4.47. The maximum absolute atomic E-state index is 13.5. The zero-order chi connectivity index (χ0) is 19.1. The lowest BCUT2D eigenvalue weighted by molar-refractivity contribution is 0.0527. The summed E-state index contributed by atoms with van der Waals surface area (Å²) in [6.07, 6.45) is 2.07. The van der Waals surface area contributed by atoms with Gasteiger partial charge < -0.3 is 14.5 Å². The minimum absolute atomic E-state index is 0.104. The van der Waals surface area contributed by atoms with Crippen molar-refractivity contribution >= 4 is 39.2 Å². The Morgan fingerprint density at radius 1 is 1.37 bits per heavy atom. The number of nitrogens with one attached hydrogen (secondary N) is 1. The van der Waals surface area contributed by atoms with E-state index in [1.54, 1.807) is 13.8 Å². The number of fused-ring (bicyclic) bond motifs is 1. The molecule has 4 rings (SSSR count). The summed E-state index contributed by atoms with van der Waals surface area (Å²) < 4.78 is 24.3. The first-order chi connectivity index (χ1) is 13.0. The minimum Gasteiger partial charge on any atom is -0.462 e. The molecule has 1 aromatic carbocycles. The van der Waals surface area contributed by atoms with Crippen LogP contribution in [-0.2, 0) is 4.74 Å². The fourth-order valence-corrected chi connectivity index (χ4v) is 4.17. The van der Waals surface area contributed by atoms with Crippen LogP contribution in [0.3, 0.4) is 0 Å². The molecule has 3 aromatic rings. The van der Waals surface area contributed by atoms with E-state index in [1.807, 2.05) is 5.38 Å². The van der Waals surface area contributed by atoms with Gasteiger partial charge in [0.15, 0.2) is 5.76 Å². The van der Waals surface area contributed by atoms with E-state index in [1.165, 1.54) is 29.5 Å². The molecule has 1 saturated carbocycles. The van der Waals surface area contributed by atoms with E-state index in [0.29, 0.717) is 33.0 Å². The van der Waals surface area contributed by atoms with Crippen LogP contribution in [-0.4, -0.2) is 18.5 Å². The molecule has 2 heterocycles. The summed E-state index contributed by atoms with van der Waals surface area (Å²) in [5, 5.41) is 5.68. The molecule has 2 aromatic heterocycles. The number of ether oxygens (including phenoxy) is 1. The molecule has 0 atom stereocenters. The molecule has 0 radical (unpaired) electrons. The maximum Gasteiger partial charge on any atom is 0.341 e. The number of hydrogen-bond acceptors (Lipinski definition) is 5. The van der Waals surface area contributed by atoms with E-state index in [-0.39, 0.29) is 12.4 Å². The lowest BCUT2D eigenvalue weighted by atomic mass is 10.1. The quantitative estimate of drug-likeness (QED) is 0.607. The highest BCUT2D eigenvalue weighted by molar-refractivity contribution is 7.15. The smallest absolute Gasteiger partial charge is 0.341 e. The van der Waals surface area contributed by atoms with E-state index >= 15 is 0 Å². The number of benzene rings is 1. The van der Waals surface area contributed by atoms with E-state index < -0.39 is 17.7 Å². The SMILES string of the molecule is CCOC(=O)c1c(C2CC2)csc1NC(=O)c1oc2ccc(F)cc2c1C. The van der Waals surface area contributed by atoms with Gasteiger partial charge in [-0.15, -0.1) is 11.3 Å². The number of carbonyl (C=O) groups is 2. The van der Waals surface area contributed by atoms with Gasteiger partial charge in [0.2, 0.25) is 0 Å². The average molecular weight is 387 g/mol. The van der Waals surface area contributed by atoms with E-state index in [4.69, 9.17) is 9.15 Å². The molecule has 27 heavy (non-hydrogen) atoms. The number of anilines is 1. The molecule has 5 nitrogen and oxygen atoms in total. The number of esters is 1. The van der Waals surface area contributed by atoms with Crippen molar-refractivity contribution in [3.63, 3.8) is 0 Å². The molecule has 0 spiro atoms. The normalized spacial score (nSPS) is 13.7. The monoisotopic (exact) mass is 387 g/mol. The van der Waals surface area contributed by atoms with Crippen LogP contribution in [0.5, 0.6) is 0 Å². The third kappa shape index (κ3) is 3.23. The number of carbonyl (C=O) groups excluding carboxylic acids is 2. The maximum atomic E-state index is 13.5. The van der Waals surface area contributed by atoms with Gasteiger partial charge in [0.05, 0.1) is 12.2 Å². The molecule has 1 aliphatic rings. The third-order valence-electron chi connectivity index (χ3n) is 4.65. The second-order valence-electron chi connectivity index (χ2n) is 6.54. The molecule has 1 aliphatic carbocycles. The third-order valence-corrected chi connectivity index (χ3v) is 5.56. The van der Waals surface area contributed by atoms with Crippen molar-refractivity contribution in [1.82, 2.24) is 0 Å². The van der Waals surface area contributed by atoms with Crippen LogP contribution in [0.2, 0.25) is 0 Å². The van der Waals surface area contributed by atoms with Gasteiger partial charge in [-0.25, -0.2) is 9.18 Å². The number of amides is 1. The second-order valence-corrected chi connectivity index (χ2v) is 7.42. The van der Waals surface area contributed by atoms with Crippen molar-refractivity contribution in [2.24, 2.45) is 0 Å². The molecule has 1 N–H and O–H groups in total. The standard InChI is InChI=1S/C20H18FNO4S/c1-3-25-20(24)16-14(11-4-5-11)9-27-19(16)22-18(23)17-10(2)13-8-12(21)6-7-15(13)26-17/h6-9,11H,3-5H2,1-2H3,(H,22,23). The van der Waals surface area contributed by atoms with Crippen LogP contribution in [0.4, 0.5) is 9.39 Å². The molecule has 0 bridgehead atoms. The van der Waals surface area contributed by atoms with Crippen molar-refractivity contribution in [3.8, 4) is 0 Å². The molecular formula is C20H18FNO4S. The molecule has 0 unspecified atom stereocenters. The zero-order valence-electron chi connectivity index (χ0n) is 14.9. The topological polar surface area (TPSA) is 68.5 Å². The summed E-state index contributed by atoms with van der Waals surface area (Å²) in [6.45, 7) is 3.72. The van der Waals surface area contributed by atoms with Crippen molar-refractivity contribution in [3.05, 3.63) is 51.8 Å². The molecule has 0 aliphatic heterocycles. The van der Waals surface area contributed by atoms with Gasteiger partial charge in [-0.2, -0.15) is 0 Å². The molecule has 1 amide bonds. The number of halogens is 1. The summed E-state index contributed by atoms with van der Waals surface area (Å²) >= 11 is 1.30. The van der Waals surface area contributed by atoms with E-state index in [9.17, 15) is 14.0 Å². The van der Waals surface area contributed by atoms with Gasteiger partial charge in [-0.3, -0.25) is 4.79 Å². The number of rotatable bonds is 5. The van der Waals surface area contributed by atoms with Crippen molar-refractivity contribution in [1.29, 1.82) is 0 Å². The van der Waals surface area contributed by atoms with Gasteiger partial charge in [0.1, 0.15) is 16.4 Å². The lowest BCUT2D eigenvalue weighted by Gasteiger charge is -2.07. The summed E-state index contributed by atoms with van der Waals surface area (Å²) in [4.78, 5) is 25.2. The van der Waals surface area contributed by atoms with Crippen LogP contribution < -0.4 is 5.32 Å². The summed E-state index contributed by atoms with van der Waals surface area (Å²) in [5.41, 5.74) is 2.35. The van der Waals surface area contributed by atoms with Crippen molar-refractivity contribution < 1.29 is 23.1 Å². The largest absolute Gasteiger partial charge is 0.462 e. The molecule has 0 saturated heterocycles. The molecule has 1 fully saturated rings. The zero-order valence-corrected chi connectivity index (χ0v) is 15.7. The van der Waals surface area contributed by atoms with Crippen molar-refractivity contribution in [2.75, 3.05) is 11.9 Å². The molecule has 7 heteroatoms. The Hall–Kier alpha value is -2.67. The van der Waals surface area contributed by atoms with Gasteiger partial charge in [-0.05, 0) is 61.7 Å². The van der Waals surface area contributed by atoms with Crippen LogP contribution in [0.1, 0.15) is 57.7 Å². The van der Waals surface area contributed by atoms with Gasteiger partial charge in [0.25, 0.3) is 5.91 Å². The number of furan rings is 1. The average Bonchev–Trinajstić information content (AvgIpc) is 3.32. The number of aryl methyl sites for hydroxylation is 1. The fraction of sp³-hybridized carbons (Fsp3) is 0.300. The Bertz CT molecular complexity index is 1050. The highest BCUT2D eigenvalue weighted by atomic mass is 32.1. The predicted molar refractivity (Wildman–Crippen MR) is 101 cm³/mol. The first-order valence-corrected chi connectivity index (χ1v) is 9.66. The molecule has 140 valence electrons. The minimum atomic E-state index is -0.473. The Labute approximate surface area is 159 Å². The van der Waals surface area contributed by atoms with Crippen LogP contribution >= 0.6 is 11.3 Å². The van der Waals surface area contributed by atoms with Crippen LogP contribution in [0.25, 0.3) is 11.0 Å². The lowest BCUT2D eigenvalue weighted by Crippen LogP contribution is -2.15. The second kappa shape index (κ2) is 6.81. The fourth-order valence-electron chi connectivity index (χ4n) is 3.14. The van der Waals surface area contributed by atoms with Gasteiger partial charge in [-0.1, -0.05) is 0 Å². The summed E-state index contributed by atoms with van der Waals surface area (Å²) in [5.74, 6) is -0.845. The van der Waals surface area contributed by atoms with Gasteiger partial charge >= 0.3 is 5.97 Å². The summed E-state index contributed by atoms with van der Waals surface area (Å²) in [7, 11) is 0. The molecular weight excluding hydrogens is 369 g/mol. The highest BCUT2D eigenvalue weighted by Gasteiger charge is 2.33.